The van der Waals surface area contributed by atoms with Gasteiger partial charge in [0.2, 0.25) is 0 Å². The molecule has 3 aromatic rings. The van der Waals surface area contributed by atoms with E-state index in [1.54, 1.807) is 23.9 Å². The first-order chi connectivity index (χ1) is 14.7. The molecule has 30 heavy (non-hydrogen) atoms. The van der Waals surface area contributed by atoms with Crippen LogP contribution in [0.3, 0.4) is 0 Å². The van der Waals surface area contributed by atoms with Crippen molar-refractivity contribution in [3.05, 3.63) is 77.1 Å². The van der Waals surface area contributed by atoms with Gasteiger partial charge in [0.25, 0.3) is 0 Å². The number of benzene rings is 2. The SMILES string of the molecule is COC(=O)c1ccc(Cn2cc([C@@H]3OCCN3Cc3ccc(OC)cc3)nn2)cc1. The molecular weight excluding hydrogens is 384 g/mol. The fourth-order valence-corrected chi connectivity index (χ4v) is 3.46. The number of hydrogen-bond acceptors (Lipinski definition) is 7. The van der Waals surface area contributed by atoms with E-state index in [4.69, 9.17) is 14.2 Å². The van der Waals surface area contributed by atoms with Gasteiger partial charge in [-0.15, -0.1) is 5.10 Å². The molecule has 0 N–H and O–H groups in total. The van der Waals surface area contributed by atoms with Gasteiger partial charge >= 0.3 is 5.97 Å². The molecule has 8 heteroatoms. The monoisotopic (exact) mass is 408 g/mol. The van der Waals surface area contributed by atoms with Gasteiger partial charge in [0.15, 0.2) is 6.23 Å². The average Bonchev–Trinajstić information content (AvgIpc) is 3.43. The molecule has 0 aliphatic carbocycles. The lowest BCUT2D eigenvalue weighted by Gasteiger charge is -2.21. The number of esters is 1. The highest BCUT2D eigenvalue weighted by Gasteiger charge is 2.29. The molecule has 1 saturated heterocycles. The van der Waals surface area contributed by atoms with E-state index < -0.39 is 0 Å². The maximum Gasteiger partial charge on any atom is 0.337 e. The van der Waals surface area contributed by atoms with E-state index in [2.05, 4.69) is 27.3 Å². The van der Waals surface area contributed by atoms with Gasteiger partial charge in [-0.3, -0.25) is 4.90 Å². The van der Waals surface area contributed by atoms with Crippen molar-refractivity contribution < 1.29 is 19.0 Å². The van der Waals surface area contributed by atoms with Crippen LogP contribution in [0.15, 0.2) is 54.7 Å². The van der Waals surface area contributed by atoms with E-state index in [1.807, 2.05) is 30.5 Å². The van der Waals surface area contributed by atoms with Crippen molar-refractivity contribution >= 4 is 5.97 Å². The van der Waals surface area contributed by atoms with Crippen LogP contribution in [-0.2, 0) is 22.6 Å². The highest BCUT2D eigenvalue weighted by Crippen LogP contribution is 2.27. The normalized spacial score (nSPS) is 16.5. The number of nitrogens with zero attached hydrogens (tertiary/aromatic N) is 4. The van der Waals surface area contributed by atoms with Crippen LogP contribution in [-0.4, -0.2) is 53.2 Å². The van der Waals surface area contributed by atoms with Gasteiger partial charge in [0, 0.05) is 13.1 Å². The molecule has 0 amide bonds. The maximum absolute atomic E-state index is 11.6. The topological polar surface area (TPSA) is 78.7 Å². The van der Waals surface area contributed by atoms with Crippen LogP contribution >= 0.6 is 0 Å². The van der Waals surface area contributed by atoms with Crippen molar-refractivity contribution in [1.82, 2.24) is 19.9 Å². The first-order valence-electron chi connectivity index (χ1n) is 9.72. The van der Waals surface area contributed by atoms with Gasteiger partial charge in [-0.05, 0) is 35.4 Å². The molecule has 0 saturated carbocycles. The predicted molar refractivity (Wildman–Crippen MR) is 109 cm³/mol. The van der Waals surface area contributed by atoms with Gasteiger partial charge in [0.1, 0.15) is 11.4 Å². The Hall–Kier alpha value is -3.23. The number of methoxy groups -OCH3 is 2. The number of carbonyl (C=O) groups excluding carboxylic acids is 1. The van der Waals surface area contributed by atoms with Gasteiger partial charge in [-0.25, -0.2) is 9.48 Å². The van der Waals surface area contributed by atoms with Crippen LogP contribution < -0.4 is 4.74 Å². The van der Waals surface area contributed by atoms with Crippen molar-refractivity contribution in [2.75, 3.05) is 27.4 Å². The second kappa shape index (κ2) is 9.06. The highest BCUT2D eigenvalue weighted by molar-refractivity contribution is 5.89. The van der Waals surface area contributed by atoms with Crippen LogP contribution in [0.5, 0.6) is 5.75 Å². The Morgan fingerprint density at radius 1 is 1.07 bits per heavy atom. The van der Waals surface area contributed by atoms with E-state index in [0.29, 0.717) is 18.7 Å². The highest BCUT2D eigenvalue weighted by atomic mass is 16.5. The summed E-state index contributed by atoms with van der Waals surface area (Å²) in [7, 11) is 3.03. The minimum absolute atomic E-state index is 0.220. The molecule has 0 bridgehead atoms. The first-order valence-corrected chi connectivity index (χ1v) is 9.72. The molecule has 1 aromatic heterocycles. The van der Waals surface area contributed by atoms with Crippen molar-refractivity contribution in [1.29, 1.82) is 0 Å². The lowest BCUT2D eigenvalue weighted by Crippen LogP contribution is -2.23. The number of ether oxygens (including phenoxy) is 3. The Balaban J connectivity index is 1.41. The van der Waals surface area contributed by atoms with Crippen molar-refractivity contribution in [2.45, 2.75) is 19.3 Å². The van der Waals surface area contributed by atoms with Gasteiger partial charge in [0.05, 0.1) is 39.1 Å². The summed E-state index contributed by atoms with van der Waals surface area (Å²) in [5.41, 5.74) is 3.51. The molecule has 0 spiro atoms. The Morgan fingerprint density at radius 3 is 2.47 bits per heavy atom. The van der Waals surface area contributed by atoms with Crippen LogP contribution in [0, 0.1) is 0 Å². The van der Waals surface area contributed by atoms with E-state index >= 15 is 0 Å². The summed E-state index contributed by atoms with van der Waals surface area (Å²) in [6.45, 7) is 2.80. The van der Waals surface area contributed by atoms with Crippen molar-refractivity contribution in [2.24, 2.45) is 0 Å². The molecule has 2 aromatic carbocycles. The van der Waals surface area contributed by atoms with Crippen LogP contribution in [0.1, 0.15) is 33.4 Å². The third-order valence-corrected chi connectivity index (χ3v) is 5.06. The number of hydrogen-bond donors (Lipinski definition) is 0. The summed E-state index contributed by atoms with van der Waals surface area (Å²) in [5.74, 6) is 0.496. The predicted octanol–water partition coefficient (Wildman–Crippen LogP) is 2.65. The molecule has 0 unspecified atom stereocenters. The molecule has 0 radical (unpaired) electrons. The lowest BCUT2D eigenvalue weighted by atomic mass is 10.1. The van der Waals surface area contributed by atoms with Gasteiger partial charge < -0.3 is 14.2 Å². The van der Waals surface area contributed by atoms with Gasteiger partial charge in [-0.1, -0.05) is 29.5 Å². The standard InChI is InChI=1S/C22H24N4O4/c1-28-19-9-5-16(6-10-19)13-25-11-12-30-21(25)20-15-26(24-23-20)14-17-3-7-18(8-4-17)22(27)29-2/h3-10,15,21H,11-14H2,1-2H3/t21-/m0/s1. The summed E-state index contributed by atoms with van der Waals surface area (Å²) in [6, 6.07) is 15.3. The first kappa shape index (κ1) is 20.1. The Kier molecular flexibility index (Phi) is 6.06. The number of rotatable bonds is 7. The molecule has 2 heterocycles. The number of aromatic nitrogens is 3. The molecule has 1 atom stereocenters. The van der Waals surface area contributed by atoms with E-state index in [-0.39, 0.29) is 12.2 Å². The summed E-state index contributed by atoms with van der Waals surface area (Å²) in [5, 5.41) is 8.57. The summed E-state index contributed by atoms with van der Waals surface area (Å²) < 4.78 is 17.6. The Morgan fingerprint density at radius 2 is 1.77 bits per heavy atom. The van der Waals surface area contributed by atoms with Gasteiger partial charge in [-0.2, -0.15) is 0 Å². The Labute approximate surface area is 175 Å². The van der Waals surface area contributed by atoms with Crippen molar-refractivity contribution in [3.8, 4) is 5.75 Å². The largest absolute Gasteiger partial charge is 0.497 e. The average molecular weight is 408 g/mol. The van der Waals surface area contributed by atoms with Crippen LogP contribution in [0.25, 0.3) is 0 Å². The number of carbonyl (C=O) groups is 1. The Bertz CT molecular complexity index is 985. The molecule has 1 fully saturated rings. The minimum Gasteiger partial charge on any atom is -0.497 e. The third-order valence-electron chi connectivity index (χ3n) is 5.06. The third kappa shape index (κ3) is 4.50. The molecule has 8 nitrogen and oxygen atoms in total. The van der Waals surface area contributed by atoms with Crippen LogP contribution in [0.2, 0.25) is 0 Å². The van der Waals surface area contributed by atoms with E-state index in [9.17, 15) is 4.79 Å². The summed E-state index contributed by atoms with van der Waals surface area (Å²) >= 11 is 0. The quantitative estimate of drug-likeness (QED) is 0.556. The zero-order valence-corrected chi connectivity index (χ0v) is 17.0. The van der Waals surface area contributed by atoms with E-state index in [1.165, 1.54) is 12.7 Å². The summed E-state index contributed by atoms with van der Waals surface area (Å²) in [6.07, 6.45) is 1.69. The van der Waals surface area contributed by atoms with Crippen LogP contribution in [0.4, 0.5) is 0 Å². The van der Waals surface area contributed by atoms with Crippen molar-refractivity contribution in [3.63, 3.8) is 0 Å². The molecule has 1 aliphatic rings. The second-order valence-corrected chi connectivity index (χ2v) is 7.07. The maximum atomic E-state index is 11.6. The minimum atomic E-state index is -0.347. The van der Waals surface area contributed by atoms with E-state index in [0.717, 1.165) is 30.1 Å². The fourth-order valence-electron chi connectivity index (χ4n) is 3.46. The zero-order valence-electron chi connectivity index (χ0n) is 17.0. The molecule has 1 aliphatic heterocycles. The molecular formula is C22H24N4O4. The fraction of sp³-hybridized carbons (Fsp3) is 0.318. The summed E-state index contributed by atoms with van der Waals surface area (Å²) in [4.78, 5) is 13.8. The lowest BCUT2D eigenvalue weighted by molar-refractivity contribution is 0.0252. The zero-order chi connectivity index (χ0) is 20.9. The second-order valence-electron chi connectivity index (χ2n) is 7.07. The molecule has 4 rings (SSSR count). The smallest absolute Gasteiger partial charge is 0.337 e. The molecule has 156 valence electrons.